The number of hydrogen-bond acceptors (Lipinski definition) is 4. The predicted octanol–water partition coefficient (Wildman–Crippen LogP) is 4.40. The van der Waals surface area contributed by atoms with Crippen molar-refractivity contribution in [3.05, 3.63) is 45.4 Å². The first-order valence-electron chi connectivity index (χ1n) is 7.48. The SMILES string of the molecule is CCCNC(C)c1ccc(C)cc1OCc1cnc(C)s1. The van der Waals surface area contributed by atoms with E-state index in [9.17, 15) is 0 Å². The van der Waals surface area contributed by atoms with Gasteiger partial charge in [-0.2, -0.15) is 0 Å². The average Bonchev–Trinajstić information content (AvgIpc) is 2.88. The predicted molar refractivity (Wildman–Crippen MR) is 89.1 cm³/mol. The van der Waals surface area contributed by atoms with Gasteiger partial charge in [-0.15, -0.1) is 11.3 Å². The summed E-state index contributed by atoms with van der Waals surface area (Å²) < 4.78 is 6.05. The fourth-order valence-corrected chi connectivity index (χ4v) is 2.92. The average molecular weight is 304 g/mol. The highest BCUT2D eigenvalue weighted by Crippen LogP contribution is 2.27. The maximum absolute atomic E-state index is 6.05. The molecule has 0 saturated carbocycles. The lowest BCUT2D eigenvalue weighted by molar-refractivity contribution is 0.302. The van der Waals surface area contributed by atoms with Crippen LogP contribution in [0.25, 0.3) is 0 Å². The van der Waals surface area contributed by atoms with Crippen LogP contribution in [-0.2, 0) is 6.61 Å². The van der Waals surface area contributed by atoms with Crippen LogP contribution < -0.4 is 10.1 Å². The molecular formula is C17H24N2OS. The van der Waals surface area contributed by atoms with Crippen molar-refractivity contribution in [3.8, 4) is 5.75 Å². The summed E-state index contributed by atoms with van der Waals surface area (Å²) >= 11 is 1.69. The zero-order chi connectivity index (χ0) is 15.2. The largest absolute Gasteiger partial charge is 0.488 e. The van der Waals surface area contributed by atoms with Crippen LogP contribution in [0.3, 0.4) is 0 Å². The molecule has 1 heterocycles. The van der Waals surface area contributed by atoms with Crippen molar-refractivity contribution in [3.63, 3.8) is 0 Å². The van der Waals surface area contributed by atoms with Gasteiger partial charge in [-0.3, -0.25) is 0 Å². The Morgan fingerprint density at radius 3 is 2.81 bits per heavy atom. The molecule has 1 aromatic carbocycles. The minimum atomic E-state index is 0.295. The Kier molecular flexibility index (Phi) is 5.76. The van der Waals surface area contributed by atoms with E-state index in [4.69, 9.17) is 4.74 Å². The van der Waals surface area contributed by atoms with Crippen molar-refractivity contribution in [1.82, 2.24) is 10.3 Å². The summed E-state index contributed by atoms with van der Waals surface area (Å²) in [7, 11) is 0. The van der Waals surface area contributed by atoms with Crippen molar-refractivity contribution in [2.45, 2.75) is 46.8 Å². The number of aromatic nitrogens is 1. The monoisotopic (exact) mass is 304 g/mol. The number of nitrogens with zero attached hydrogens (tertiary/aromatic N) is 1. The molecule has 1 unspecified atom stereocenters. The molecule has 1 atom stereocenters. The number of ether oxygens (including phenoxy) is 1. The van der Waals surface area contributed by atoms with Crippen LogP contribution in [0.2, 0.25) is 0 Å². The minimum Gasteiger partial charge on any atom is -0.488 e. The molecule has 3 nitrogen and oxygen atoms in total. The molecule has 0 amide bonds. The van der Waals surface area contributed by atoms with Gasteiger partial charge in [0.2, 0.25) is 0 Å². The van der Waals surface area contributed by atoms with E-state index in [0.717, 1.165) is 28.6 Å². The molecule has 0 spiro atoms. The van der Waals surface area contributed by atoms with Gasteiger partial charge in [-0.05, 0) is 45.4 Å². The van der Waals surface area contributed by atoms with E-state index in [0.29, 0.717) is 12.6 Å². The first kappa shape index (κ1) is 16.0. The van der Waals surface area contributed by atoms with Crippen LogP contribution >= 0.6 is 11.3 Å². The number of rotatable bonds is 7. The summed E-state index contributed by atoms with van der Waals surface area (Å²) in [5, 5.41) is 4.60. The van der Waals surface area contributed by atoms with Crippen molar-refractivity contribution >= 4 is 11.3 Å². The lowest BCUT2D eigenvalue weighted by atomic mass is 10.0. The first-order valence-corrected chi connectivity index (χ1v) is 8.29. The van der Waals surface area contributed by atoms with Crippen molar-refractivity contribution in [2.24, 2.45) is 0 Å². The first-order chi connectivity index (χ1) is 10.1. The highest BCUT2D eigenvalue weighted by molar-refractivity contribution is 7.11. The molecule has 1 N–H and O–H groups in total. The summed E-state index contributed by atoms with van der Waals surface area (Å²) in [5.74, 6) is 0.970. The van der Waals surface area contributed by atoms with E-state index in [-0.39, 0.29) is 0 Å². The molecule has 0 saturated heterocycles. The van der Waals surface area contributed by atoms with Gasteiger partial charge in [-0.1, -0.05) is 19.1 Å². The number of thiazole rings is 1. The van der Waals surface area contributed by atoms with Crippen LogP contribution in [0.5, 0.6) is 5.75 Å². The second-order valence-corrected chi connectivity index (χ2v) is 6.67. The van der Waals surface area contributed by atoms with Crippen molar-refractivity contribution in [2.75, 3.05) is 6.54 Å². The summed E-state index contributed by atoms with van der Waals surface area (Å²) in [6, 6.07) is 6.72. The van der Waals surface area contributed by atoms with Crippen molar-refractivity contribution in [1.29, 1.82) is 0 Å². The molecule has 114 valence electrons. The number of benzene rings is 1. The summed E-state index contributed by atoms with van der Waals surface area (Å²) in [5.41, 5.74) is 2.44. The summed E-state index contributed by atoms with van der Waals surface area (Å²) in [4.78, 5) is 5.43. The van der Waals surface area contributed by atoms with Crippen LogP contribution in [0.4, 0.5) is 0 Å². The number of hydrogen-bond donors (Lipinski definition) is 1. The molecular weight excluding hydrogens is 280 g/mol. The smallest absolute Gasteiger partial charge is 0.124 e. The van der Waals surface area contributed by atoms with E-state index in [1.54, 1.807) is 11.3 Å². The van der Waals surface area contributed by atoms with E-state index in [2.05, 4.69) is 49.3 Å². The van der Waals surface area contributed by atoms with Gasteiger partial charge in [0.05, 0.1) is 9.88 Å². The standard InChI is InChI=1S/C17H24N2OS/c1-5-8-18-13(3)16-7-6-12(2)9-17(16)20-11-15-10-19-14(4)21-15/h6-7,9-10,13,18H,5,8,11H2,1-4H3. The van der Waals surface area contributed by atoms with Gasteiger partial charge < -0.3 is 10.1 Å². The minimum absolute atomic E-state index is 0.295. The van der Waals surface area contributed by atoms with E-state index in [1.165, 1.54) is 11.1 Å². The second-order valence-electron chi connectivity index (χ2n) is 5.35. The van der Waals surface area contributed by atoms with Crippen molar-refractivity contribution < 1.29 is 4.74 Å². The van der Waals surface area contributed by atoms with E-state index < -0.39 is 0 Å². The maximum atomic E-state index is 6.05. The molecule has 0 radical (unpaired) electrons. The quantitative estimate of drug-likeness (QED) is 0.823. The lowest BCUT2D eigenvalue weighted by Crippen LogP contribution is -2.20. The Morgan fingerprint density at radius 1 is 1.33 bits per heavy atom. The molecule has 0 aliphatic carbocycles. The molecule has 0 bridgehead atoms. The Bertz CT molecular complexity index is 580. The Hall–Kier alpha value is -1.39. The molecule has 0 aliphatic rings. The zero-order valence-electron chi connectivity index (χ0n) is 13.3. The molecule has 21 heavy (non-hydrogen) atoms. The van der Waals surface area contributed by atoms with Gasteiger partial charge in [0, 0.05) is 17.8 Å². The Labute approximate surface area is 131 Å². The fraction of sp³-hybridized carbons (Fsp3) is 0.471. The van der Waals surface area contributed by atoms with E-state index >= 15 is 0 Å². The summed E-state index contributed by atoms with van der Waals surface area (Å²) in [6.45, 7) is 10.1. The third-order valence-corrected chi connectivity index (χ3v) is 4.26. The van der Waals surface area contributed by atoms with Crippen LogP contribution in [0.15, 0.2) is 24.4 Å². The van der Waals surface area contributed by atoms with E-state index in [1.807, 2.05) is 13.1 Å². The molecule has 0 aliphatic heterocycles. The van der Waals surface area contributed by atoms with Crippen LogP contribution in [-0.4, -0.2) is 11.5 Å². The van der Waals surface area contributed by atoms with Gasteiger partial charge in [-0.25, -0.2) is 4.98 Å². The topological polar surface area (TPSA) is 34.1 Å². The molecule has 0 fully saturated rings. The molecule has 2 aromatic rings. The van der Waals surface area contributed by atoms with Crippen LogP contribution in [0.1, 0.15) is 47.3 Å². The summed E-state index contributed by atoms with van der Waals surface area (Å²) in [6.07, 6.45) is 3.03. The Morgan fingerprint density at radius 2 is 2.14 bits per heavy atom. The van der Waals surface area contributed by atoms with Gasteiger partial charge in [0.15, 0.2) is 0 Å². The lowest BCUT2D eigenvalue weighted by Gasteiger charge is -2.18. The fourth-order valence-electron chi connectivity index (χ4n) is 2.22. The normalized spacial score (nSPS) is 12.4. The molecule has 2 rings (SSSR count). The Balaban J connectivity index is 2.10. The third-order valence-electron chi connectivity index (χ3n) is 3.38. The number of aryl methyl sites for hydroxylation is 2. The van der Waals surface area contributed by atoms with Gasteiger partial charge in [0.25, 0.3) is 0 Å². The molecule has 1 aromatic heterocycles. The maximum Gasteiger partial charge on any atom is 0.124 e. The third kappa shape index (κ3) is 4.55. The van der Waals surface area contributed by atoms with Gasteiger partial charge in [0.1, 0.15) is 12.4 Å². The van der Waals surface area contributed by atoms with Gasteiger partial charge >= 0.3 is 0 Å². The zero-order valence-corrected chi connectivity index (χ0v) is 14.1. The highest BCUT2D eigenvalue weighted by atomic mass is 32.1. The second kappa shape index (κ2) is 7.57. The molecule has 4 heteroatoms. The number of nitrogens with one attached hydrogen (secondary N) is 1. The van der Waals surface area contributed by atoms with Crippen LogP contribution in [0, 0.1) is 13.8 Å². The highest BCUT2D eigenvalue weighted by Gasteiger charge is 2.12.